The molecule has 1 N–H and O–H groups in total. The average Bonchev–Trinajstić information content (AvgIpc) is 2.72. The topological polar surface area (TPSA) is 37.3 Å². The molecule has 2 nitrogen and oxygen atoms in total. The molecule has 84 valence electrons. The van der Waals surface area contributed by atoms with Crippen molar-refractivity contribution >= 4 is 5.97 Å². The first-order chi connectivity index (χ1) is 6.96. The lowest BCUT2D eigenvalue weighted by molar-refractivity contribution is -0.152. The second kappa shape index (κ2) is 2.53. The van der Waals surface area contributed by atoms with Gasteiger partial charge in [0.1, 0.15) is 0 Å². The molecule has 4 aliphatic carbocycles. The Labute approximate surface area is 86.7 Å². The minimum absolute atomic E-state index is 0.0592. The minimum Gasteiger partial charge on any atom is -0.481 e. The molecule has 0 aromatic rings. The molecule has 6 atom stereocenters. The highest BCUT2D eigenvalue weighted by Gasteiger charge is 2.79. The Hall–Kier alpha value is -0.670. The van der Waals surface area contributed by atoms with Crippen molar-refractivity contribution in [2.45, 2.75) is 25.7 Å². The van der Waals surface area contributed by atoms with Gasteiger partial charge < -0.3 is 5.11 Å². The van der Waals surface area contributed by atoms with Gasteiger partial charge >= 0.3 is 5.97 Å². The number of carbonyl (C=O) groups is 1. The molecule has 6 unspecified atom stereocenters. The van der Waals surface area contributed by atoms with Crippen LogP contribution in [0.1, 0.15) is 19.8 Å². The van der Waals surface area contributed by atoms with Gasteiger partial charge in [0.15, 0.2) is 0 Å². The van der Waals surface area contributed by atoms with Crippen molar-refractivity contribution in [1.82, 2.24) is 0 Å². The summed E-state index contributed by atoms with van der Waals surface area (Å²) in [6, 6.07) is 0. The number of hydrogen-bond donors (Lipinski definition) is 1. The summed E-state index contributed by atoms with van der Waals surface area (Å²) in [4.78, 5) is 11.1. The molecule has 4 aliphatic rings. The zero-order valence-corrected chi connectivity index (χ0v) is 8.49. The van der Waals surface area contributed by atoms with Crippen molar-refractivity contribution < 1.29 is 18.7 Å². The van der Waals surface area contributed by atoms with Crippen molar-refractivity contribution in [3.05, 3.63) is 0 Å². The Morgan fingerprint density at radius 1 is 1.27 bits per heavy atom. The SMILES string of the molecule is CC1C2CCC(C1C(=O)O)C1C2C1(F)F. The van der Waals surface area contributed by atoms with E-state index in [-0.39, 0.29) is 17.8 Å². The molecule has 0 radical (unpaired) electrons. The maximum absolute atomic E-state index is 13.5. The van der Waals surface area contributed by atoms with Crippen LogP contribution in [0, 0.1) is 35.5 Å². The molecule has 0 aromatic heterocycles. The summed E-state index contributed by atoms with van der Waals surface area (Å²) in [5.74, 6) is -5.49. The predicted octanol–water partition coefficient (Wildman–Crippen LogP) is 2.24. The summed E-state index contributed by atoms with van der Waals surface area (Å²) in [5.41, 5.74) is 0. The zero-order valence-electron chi connectivity index (χ0n) is 8.49. The van der Waals surface area contributed by atoms with E-state index in [1.807, 2.05) is 6.92 Å². The lowest BCUT2D eigenvalue weighted by Gasteiger charge is -2.43. The third kappa shape index (κ3) is 0.955. The maximum Gasteiger partial charge on any atom is 0.307 e. The first-order valence-corrected chi connectivity index (χ1v) is 5.57. The summed E-state index contributed by atoms with van der Waals surface area (Å²) >= 11 is 0. The van der Waals surface area contributed by atoms with E-state index in [4.69, 9.17) is 5.11 Å². The molecule has 15 heavy (non-hydrogen) atoms. The minimum atomic E-state index is -2.57. The highest BCUT2D eigenvalue weighted by atomic mass is 19.3. The molecule has 0 amide bonds. The van der Waals surface area contributed by atoms with Crippen LogP contribution < -0.4 is 0 Å². The van der Waals surface area contributed by atoms with Crippen molar-refractivity contribution in [3.63, 3.8) is 0 Å². The third-order valence-corrected chi connectivity index (χ3v) is 4.91. The molecule has 0 aliphatic heterocycles. The van der Waals surface area contributed by atoms with E-state index in [9.17, 15) is 13.6 Å². The molecular weight excluding hydrogens is 202 g/mol. The van der Waals surface area contributed by atoms with E-state index in [0.717, 1.165) is 6.42 Å². The Morgan fingerprint density at radius 2 is 1.80 bits per heavy atom. The van der Waals surface area contributed by atoms with Crippen molar-refractivity contribution in [2.75, 3.05) is 0 Å². The van der Waals surface area contributed by atoms with Gasteiger partial charge in [0.25, 0.3) is 5.92 Å². The van der Waals surface area contributed by atoms with E-state index in [1.165, 1.54) is 0 Å². The molecule has 0 aromatic carbocycles. The van der Waals surface area contributed by atoms with Crippen molar-refractivity contribution in [3.8, 4) is 0 Å². The van der Waals surface area contributed by atoms with E-state index in [2.05, 4.69) is 0 Å². The number of alkyl halides is 2. The lowest BCUT2D eigenvalue weighted by atomic mass is 9.59. The number of carboxylic acid groups (broad SMARTS) is 1. The standard InChI is InChI=1S/C11H14F2O2/c1-4-5-2-3-6(7(4)10(14)15)9-8(5)11(9,12)13/h4-9H,2-3H2,1H3,(H,14,15). The smallest absolute Gasteiger partial charge is 0.307 e. The van der Waals surface area contributed by atoms with Crippen LogP contribution in [0.3, 0.4) is 0 Å². The molecule has 0 heterocycles. The Bertz CT molecular complexity index is 329. The van der Waals surface area contributed by atoms with E-state index in [0.29, 0.717) is 6.42 Å². The molecule has 4 rings (SSSR count). The number of halogens is 2. The molecule has 0 saturated heterocycles. The molecule has 4 heteroatoms. The average molecular weight is 216 g/mol. The Balaban J connectivity index is 1.97. The van der Waals surface area contributed by atoms with Gasteiger partial charge in [0, 0.05) is 11.8 Å². The van der Waals surface area contributed by atoms with Crippen LogP contribution in [0.5, 0.6) is 0 Å². The van der Waals surface area contributed by atoms with E-state index in [1.54, 1.807) is 0 Å². The van der Waals surface area contributed by atoms with Gasteiger partial charge in [-0.15, -0.1) is 0 Å². The summed E-state index contributed by atoms with van der Waals surface area (Å²) in [6.45, 7) is 1.83. The predicted molar refractivity (Wildman–Crippen MR) is 48.4 cm³/mol. The summed E-state index contributed by atoms with van der Waals surface area (Å²) in [6.07, 6.45) is 1.48. The van der Waals surface area contributed by atoms with Crippen LogP contribution in [0.25, 0.3) is 0 Å². The normalized spacial score (nSPS) is 54.9. The summed E-state index contributed by atoms with van der Waals surface area (Å²) in [5, 5.41) is 9.09. The quantitative estimate of drug-likeness (QED) is 0.729. The maximum atomic E-state index is 13.5. The number of fused-ring (bicyclic) bond motifs is 2. The Morgan fingerprint density at radius 3 is 2.40 bits per heavy atom. The number of aliphatic carboxylic acids is 1. The second-order valence-corrected chi connectivity index (χ2v) is 5.35. The van der Waals surface area contributed by atoms with Gasteiger partial charge in [-0.05, 0) is 30.6 Å². The van der Waals surface area contributed by atoms with Crippen LogP contribution >= 0.6 is 0 Å². The van der Waals surface area contributed by atoms with Crippen LogP contribution in [0.15, 0.2) is 0 Å². The lowest BCUT2D eigenvalue weighted by Crippen LogP contribution is -2.44. The highest BCUT2D eigenvalue weighted by Crippen LogP contribution is 2.73. The third-order valence-electron chi connectivity index (χ3n) is 4.91. The number of carboxylic acids is 1. The number of hydrogen-bond acceptors (Lipinski definition) is 1. The van der Waals surface area contributed by atoms with Gasteiger partial charge in [-0.2, -0.15) is 0 Å². The summed E-state index contributed by atoms with van der Waals surface area (Å²) < 4.78 is 26.9. The fourth-order valence-corrected chi connectivity index (χ4v) is 4.28. The van der Waals surface area contributed by atoms with Crippen LogP contribution in [-0.2, 0) is 4.79 Å². The van der Waals surface area contributed by atoms with Gasteiger partial charge in [-0.3, -0.25) is 4.79 Å². The fraction of sp³-hybridized carbons (Fsp3) is 0.909. The molecular formula is C11H14F2O2. The van der Waals surface area contributed by atoms with Crippen LogP contribution in [-0.4, -0.2) is 17.0 Å². The number of rotatable bonds is 1. The second-order valence-electron chi connectivity index (χ2n) is 5.35. The van der Waals surface area contributed by atoms with Crippen molar-refractivity contribution in [2.24, 2.45) is 35.5 Å². The van der Waals surface area contributed by atoms with E-state index >= 15 is 0 Å². The monoisotopic (exact) mass is 216 g/mol. The molecule has 4 fully saturated rings. The first-order valence-electron chi connectivity index (χ1n) is 5.57. The molecule has 0 spiro atoms. The molecule has 2 bridgehead atoms. The Kier molecular flexibility index (Phi) is 1.61. The zero-order chi connectivity index (χ0) is 11.0. The first kappa shape index (κ1) is 9.55. The van der Waals surface area contributed by atoms with Gasteiger partial charge in [0.2, 0.25) is 0 Å². The molecule has 4 saturated carbocycles. The van der Waals surface area contributed by atoms with Gasteiger partial charge in [-0.1, -0.05) is 6.92 Å². The van der Waals surface area contributed by atoms with Crippen LogP contribution in [0.4, 0.5) is 8.78 Å². The van der Waals surface area contributed by atoms with Gasteiger partial charge in [0.05, 0.1) is 5.92 Å². The van der Waals surface area contributed by atoms with Gasteiger partial charge in [-0.25, -0.2) is 8.78 Å². The fourth-order valence-electron chi connectivity index (χ4n) is 4.28. The highest BCUT2D eigenvalue weighted by molar-refractivity contribution is 5.71. The summed E-state index contributed by atoms with van der Waals surface area (Å²) in [7, 11) is 0. The van der Waals surface area contributed by atoms with Crippen LogP contribution in [0.2, 0.25) is 0 Å². The van der Waals surface area contributed by atoms with Crippen molar-refractivity contribution in [1.29, 1.82) is 0 Å². The largest absolute Gasteiger partial charge is 0.481 e. The van der Waals surface area contributed by atoms with E-state index < -0.39 is 29.6 Å².